The molecule has 1 heterocycles. The zero-order chi connectivity index (χ0) is 13.1. The van der Waals surface area contributed by atoms with Gasteiger partial charge in [-0.15, -0.1) is 0 Å². The van der Waals surface area contributed by atoms with Gasteiger partial charge in [0.05, 0.1) is 11.0 Å². The molecule has 0 N–H and O–H groups in total. The van der Waals surface area contributed by atoms with Crippen LogP contribution in [0.3, 0.4) is 0 Å². The molecule has 0 amide bonds. The van der Waals surface area contributed by atoms with Crippen molar-refractivity contribution in [3.8, 4) is 11.5 Å². The quantitative estimate of drug-likeness (QED) is 0.603. The zero-order valence-electron chi connectivity index (χ0n) is 9.97. The lowest BCUT2D eigenvalue weighted by atomic mass is 10.0. The molecule has 1 aliphatic rings. The first kappa shape index (κ1) is 12.3. The third kappa shape index (κ3) is 2.42. The van der Waals surface area contributed by atoms with Gasteiger partial charge in [0, 0.05) is 18.4 Å². The Morgan fingerprint density at radius 1 is 1.33 bits per heavy atom. The molecule has 18 heavy (non-hydrogen) atoms. The van der Waals surface area contributed by atoms with E-state index < -0.39 is 4.92 Å². The Bertz CT molecular complexity index is 497. The zero-order valence-corrected chi connectivity index (χ0v) is 9.97. The Morgan fingerprint density at radius 3 is 2.50 bits per heavy atom. The molecule has 0 unspecified atom stereocenters. The fourth-order valence-electron chi connectivity index (χ4n) is 1.77. The number of hydrogen-bond donors (Lipinski definition) is 0. The van der Waals surface area contributed by atoms with Crippen molar-refractivity contribution in [3.05, 3.63) is 27.8 Å². The van der Waals surface area contributed by atoms with Gasteiger partial charge in [0.1, 0.15) is 19.0 Å². The molecule has 0 spiro atoms. The largest absolute Gasteiger partial charge is 0.486 e. The van der Waals surface area contributed by atoms with Gasteiger partial charge in [-0.3, -0.25) is 14.9 Å². The fraction of sp³-hybridized carbons (Fsp3) is 0.417. The maximum absolute atomic E-state index is 11.4. The molecule has 0 aliphatic carbocycles. The molecule has 1 aromatic rings. The van der Waals surface area contributed by atoms with Gasteiger partial charge in [-0.2, -0.15) is 0 Å². The Kier molecular flexibility index (Phi) is 3.45. The van der Waals surface area contributed by atoms with E-state index in [9.17, 15) is 14.9 Å². The molecular formula is C12H13NO5. The van der Waals surface area contributed by atoms with Crippen LogP contribution in [0.5, 0.6) is 11.5 Å². The van der Waals surface area contributed by atoms with Crippen LogP contribution in [0, 0.1) is 10.1 Å². The highest BCUT2D eigenvalue weighted by Gasteiger charge is 2.23. The second-order valence-corrected chi connectivity index (χ2v) is 3.95. The molecule has 6 nitrogen and oxygen atoms in total. The highest BCUT2D eigenvalue weighted by molar-refractivity contribution is 5.82. The van der Waals surface area contributed by atoms with E-state index in [0.717, 1.165) is 0 Å². The number of nitro groups is 1. The fourth-order valence-corrected chi connectivity index (χ4v) is 1.77. The number of ether oxygens (including phenoxy) is 2. The summed E-state index contributed by atoms with van der Waals surface area (Å²) in [4.78, 5) is 21.9. The molecule has 0 saturated heterocycles. The average molecular weight is 251 g/mol. The summed E-state index contributed by atoms with van der Waals surface area (Å²) in [6.07, 6.45) is 0.398. The van der Waals surface area contributed by atoms with E-state index in [-0.39, 0.29) is 17.9 Å². The smallest absolute Gasteiger partial charge is 0.277 e. The van der Waals surface area contributed by atoms with E-state index in [0.29, 0.717) is 36.7 Å². The SMILES string of the molecule is CCC(=O)Cc1cc2c(cc1[N+](=O)[O-])OCCO2. The maximum atomic E-state index is 11.4. The number of ketones is 1. The molecule has 96 valence electrons. The Hall–Kier alpha value is -2.11. The minimum Gasteiger partial charge on any atom is -0.486 e. The molecule has 0 aromatic heterocycles. The van der Waals surface area contributed by atoms with Crippen molar-refractivity contribution in [2.75, 3.05) is 13.2 Å². The van der Waals surface area contributed by atoms with Crippen LogP contribution in [0.15, 0.2) is 12.1 Å². The minimum absolute atomic E-state index is 0.0451. The highest BCUT2D eigenvalue weighted by Crippen LogP contribution is 2.36. The summed E-state index contributed by atoms with van der Waals surface area (Å²) in [5.41, 5.74) is 0.275. The second kappa shape index (κ2) is 5.03. The van der Waals surface area contributed by atoms with E-state index in [2.05, 4.69) is 0 Å². The highest BCUT2D eigenvalue weighted by atomic mass is 16.6. The Balaban J connectivity index is 2.42. The van der Waals surface area contributed by atoms with Gasteiger partial charge >= 0.3 is 0 Å². The number of Topliss-reactive ketones (excluding diaryl/α,β-unsaturated/α-hetero) is 1. The molecule has 0 fully saturated rings. The molecule has 0 radical (unpaired) electrons. The number of rotatable bonds is 4. The van der Waals surface area contributed by atoms with E-state index in [4.69, 9.17) is 9.47 Å². The van der Waals surface area contributed by atoms with Crippen LogP contribution in [-0.2, 0) is 11.2 Å². The van der Waals surface area contributed by atoms with Crippen LogP contribution >= 0.6 is 0 Å². The van der Waals surface area contributed by atoms with Crippen molar-refractivity contribution in [1.82, 2.24) is 0 Å². The molecule has 6 heteroatoms. The molecular weight excluding hydrogens is 238 g/mol. The van der Waals surface area contributed by atoms with Gasteiger partial charge in [-0.05, 0) is 6.07 Å². The lowest BCUT2D eigenvalue weighted by molar-refractivity contribution is -0.385. The Morgan fingerprint density at radius 2 is 1.94 bits per heavy atom. The summed E-state index contributed by atoms with van der Waals surface area (Å²) in [6, 6.07) is 2.85. The van der Waals surface area contributed by atoms with Crippen LogP contribution in [0.4, 0.5) is 5.69 Å². The average Bonchev–Trinajstić information content (AvgIpc) is 2.37. The molecule has 2 rings (SSSR count). The summed E-state index contributed by atoms with van der Waals surface area (Å²) in [5, 5.41) is 11.0. The van der Waals surface area contributed by atoms with Gasteiger partial charge in [-0.25, -0.2) is 0 Å². The maximum Gasteiger partial charge on any atom is 0.277 e. The van der Waals surface area contributed by atoms with Crippen molar-refractivity contribution in [1.29, 1.82) is 0 Å². The van der Waals surface area contributed by atoms with Gasteiger partial charge in [-0.1, -0.05) is 6.92 Å². The normalized spacial score (nSPS) is 13.2. The first-order valence-electron chi connectivity index (χ1n) is 5.70. The lowest BCUT2D eigenvalue weighted by Crippen LogP contribution is -2.16. The van der Waals surface area contributed by atoms with Crippen LogP contribution in [0.25, 0.3) is 0 Å². The van der Waals surface area contributed by atoms with Crippen molar-refractivity contribution in [3.63, 3.8) is 0 Å². The van der Waals surface area contributed by atoms with E-state index >= 15 is 0 Å². The summed E-state index contributed by atoms with van der Waals surface area (Å²) < 4.78 is 10.6. The van der Waals surface area contributed by atoms with Crippen molar-refractivity contribution < 1.29 is 19.2 Å². The van der Waals surface area contributed by atoms with Crippen LogP contribution in [0.2, 0.25) is 0 Å². The summed E-state index contributed by atoms with van der Waals surface area (Å²) in [6.45, 7) is 2.51. The molecule has 1 aromatic carbocycles. The van der Waals surface area contributed by atoms with Crippen molar-refractivity contribution >= 4 is 11.5 Å². The predicted octanol–water partition coefficient (Wildman–Crippen LogP) is 1.89. The third-order valence-corrected chi connectivity index (χ3v) is 2.72. The van der Waals surface area contributed by atoms with Gasteiger partial charge in [0.15, 0.2) is 11.5 Å². The van der Waals surface area contributed by atoms with Crippen molar-refractivity contribution in [2.45, 2.75) is 19.8 Å². The van der Waals surface area contributed by atoms with Gasteiger partial charge in [0.25, 0.3) is 5.69 Å². The standard InChI is InChI=1S/C12H13NO5/c1-2-9(14)5-8-6-11-12(18-4-3-17-11)7-10(8)13(15)16/h6-7H,2-5H2,1H3. The molecule has 0 atom stereocenters. The first-order chi connectivity index (χ1) is 8.61. The number of fused-ring (bicyclic) bond motifs is 1. The van der Waals surface area contributed by atoms with Crippen LogP contribution in [-0.4, -0.2) is 23.9 Å². The number of benzene rings is 1. The number of nitrogens with zero attached hydrogens (tertiary/aromatic N) is 1. The van der Waals surface area contributed by atoms with E-state index in [1.807, 2.05) is 0 Å². The second-order valence-electron chi connectivity index (χ2n) is 3.95. The van der Waals surface area contributed by atoms with Crippen LogP contribution in [0.1, 0.15) is 18.9 Å². The monoisotopic (exact) mass is 251 g/mol. The van der Waals surface area contributed by atoms with Crippen LogP contribution < -0.4 is 9.47 Å². The summed E-state index contributed by atoms with van der Waals surface area (Å²) in [7, 11) is 0. The molecule has 0 bridgehead atoms. The third-order valence-electron chi connectivity index (χ3n) is 2.72. The van der Waals surface area contributed by atoms with Gasteiger partial charge in [0.2, 0.25) is 0 Å². The molecule has 0 saturated carbocycles. The first-order valence-corrected chi connectivity index (χ1v) is 5.70. The van der Waals surface area contributed by atoms with E-state index in [1.54, 1.807) is 6.92 Å². The number of nitro benzene ring substituents is 1. The van der Waals surface area contributed by atoms with E-state index in [1.165, 1.54) is 12.1 Å². The number of hydrogen-bond acceptors (Lipinski definition) is 5. The summed E-state index contributed by atoms with van der Waals surface area (Å²) >= 11 is 0. The van der Waals surface area contributed by atoms with Crippen molar-refractivity contribution in [2.24, 2.45) is 0 Å². The molecule has 1 aliphatic heterocycles. The minimum atomic E-state index is -0.503. The number of carbonyl (C=O) groups is 1. The topological polar surface area (TPSA) is 78.7 Å². The predicted molar refractivity (Wildman–Crippen MR) is 63.1 cm³/mol. The Labute approximate surface area is 104 Å². The number of carbonyl (C=O) groups excluding carboxylic acids is 1. The summed E-state index contributed by atoms with van der Waals surface area (Å²) in [5.74, 6) is 0.779. The van der Waals surface area contributed by atoms with Gasteiger partial charge < -0.3 is 9.47 Å². The lowest BCUT2D eigenvalue weighted by Gasteiger charge is -2.18.